The number of rotatable bonds is 5. The zero-order chi connectivity index (χ0) is 16.5. The summed E-state index contributed by atoms with van der Waals surface area (Å²) in [4.78, 5) is 30.5. The monoisotopic (exact) mass is 416 g/mol. The molecule has 0 bridgehead atoms. The van der Waals surface area contributed by atoms with Crippen LogP contribution < -0.4 is 14.2 Å². The number of hydrogen-bond donors (Lipinski definition) is 1. The summed E-state index contributed by atoms with van der Waals surface area (Å²) in [7, 11) is 0. The minimum atomic E-state index is -2.50. The van der Waals surface area contributed by atoms with E-state index in [9.17, 15) is 14.0 Å². The molecule has 1 unspecified atom stereocenters. The van der Waals surface area contributed by atoms with Crippen LogP contribution in [0.2, 0.25) is 14.8 Å². The number of anilines is 1. The van der Waals surface area contributed by atoms with Crippen LogP contribution in [0.4, 0.5) is 14.9 Å². The molecular formula is C15H21FN2O3Sn. The van der Waals surface area contributed by atoms with Crippen molar-refractivity contribution >= 4 is 39.6 Å². The Morgan fingerprint density at radius 3 is 2.68 bits per heavy atom. The zero-order valence-corrected chi connectivity index (χ0v) is 15.9. The first-order valence-corrected chi connectivity index (χ1v) is 17.2. The van der Waals surface area contributed by atoms with E-state index >= 15 is 0 Å². The van der Waals surface area contributed by atoms with E-state index in [0.717, 1.165) is 3.58 Å². The minimum absolute atomic E-state index is 0.164. The SMILES string of the molecule is [CH3][Sn]([CH3])([CH3])[c]1ccc(N2CC(CCC(N)=O)OC2=O)cc1F. The Morgan fingerprint density at radius 1 is 1.45 bits per heavy atom. The third kappa shape index (κ3) is 3.91. The van der Waals surface area contributed by atoms with E-state index in [1.165, 1.54) is 11.0 Å². The molecule has 0 aliphatic carbocycles. The summed E-state index contributed by atoms with van der Waals surface area (Å²) in [6, 6.07) is 4.94. The molecule has 0 saturated carbocycles. The molecule has 1 aromatic rings. The predicted octanol–water partition coefficient (Wildman–Crippen LogP) is 1.96. The number of amides is 2. The van der Waals surface area contributed by atoms with Crippen molar-refractivity contribution in [2.75, 3.05) is 11.4 Å². The van der Waals surface area contributed by atoms with Crippen LogP contribution in [0.25, 0.3) is 0 Å². The molecule has 1 atom stereocenters. The summed E-state index contributed by atoms with van der Waals surface area (Å²) in [6.45, 7) is 0.309. The van der Waals surface area contributed by atoms with Gasteiger partial charge in [0, 0.05) is 0 Å². The molecule has 120 valence electrons. The molecule has 22 heavy (non-hydrogen) atoms. The fourth-order valence-corrected chi connectivity index (χ4v) is 6.38. The second-order valence-corrected chi connectivity index (χ2v) is 20.9. The maximum absolute atomic E-state index is 14.3. The molecule has 1 fully saturated rings. The number of halogens is 1. The van der Waals surface area contributed by atoms with Crippen molar-refractivity contribution in [1.82, 2.24) is 0 Å². The van der Waals surface area contributed by atoms with Gasteiger partial charge >= 0.3 is 133 Å². The first kappa shape index (κ1) is 17.0. The van der Waals surface area contributed by atoms with Gasteiger partial charge in [0.2, 0.25) is 0 Å². The van der Waals surface area contributed by atoms with Crippen molar-refractivity contribution in [3.8, 4) is 0 Å². The molecule has 1 aliphatic rings. The zero-order valence-electron chi connectivity index (χ0n) is 13.1. The molecular weight excluding hydrogens is 394 g/mol. The summed E-state index contributed by atoms with van der Waals surface area (Å²) >= 11 is -2.50. The standard InChI is InChI=1S/C12H12FN2O3.3CH3.Sn/c13-8-2-1-3-9(6-8)15-7-10(18-12(15)17)4-5-11(14)16;;;;/h1,3,6,10H,4-5,7H2,(H2,14,16);3*1H3;. The topological polar surface area (TPSA) is 72.6 Å². The van der Waals surface area contributed by atoms with Gasteiger partial charge in [0.05, 0.1) is 0 Å². The van der Waals surface area contributed by atoms with Gasteiger partial charge in [-0.3, -0.25) is 0 Å². The van der Waals surface area contributed by atoms with E-state index in [0.29, 0.717) is 18.7 Å². The van der Waals surface area contributed by atoms with Gasteiger partial charge in [-0.05, 0) is 0 Å². The van der Waals surface area contributed by atoms with E-state index in [2.05, 4.69) is 14.8 Å². The van der Waals surface area contributed by atoms with E-state index in [1.807, 2.05) is 0 Å². The second-order valence-electron chi connectivity index (χ2n) is 6.54. The Labute approximate surface area is 133 Å². The van der Waals surface area contributed by atoms with Crippen LogP contribution in [0.5, 0.6) is 0 Å². The van der Waals surface area contributed by atoms with Crippen molar-refractivity contribution in [3.05, 3.63) is 24.0 Å². The number of hydrogen-bond acceptors (Lipinski definition) is 3. The summed E-state index contributed by atoms with van der Waals surface area (Å²) in [5.74, 6) is -0.684. The van der Waals surface area contributed by atoms with Crippen LogP contribution in [0.3, 0.4) is 0 Å². The molecule has 5 nitrogen and oxygen atoms in total. The van der Waals surface area contributed by atoms with Crippen molar-refractivity contribution in [3.63, 3.8) is 0 Å². The van der Waals surface area contributed by atoms with Gasteiger partial charge < -0.3 is 0 Å². The van der Waals surface area contributed by atoms with E-state index < -0.39 is 30.4 Å². The van der Waals surface area contributed by atoms with Gasteiger partial charge in [-0.1, -0.05) is 0 Å². The fraction of sp³-hybridized carbons (Fsp3) is 0.467. The average molecular weight is 415 g/mol. The molecule has 0 aromatic heterocycles. The number of nitrogens with zero attached hydrogens (tertiary/aromatic N) is 1. The van der Waals surface area contributed by atoms with Gasteiger partial charge in [0.1, 0.15) is 0 Å². The molecule has 1 saturated heterocycles. The molecule has 1 aliphatic heterocycles. The summed E-state index contributed by atoms with van der Waals surface area (Å²) in [5.41, 5.74) is 5.58. The normalized spacial score (nSPS) is 18.5. The number of cyclic esters (lactones) is 1. The number of carbonyl (C=O) groups excluding carboxylic acids is 2. The second kappa shape index (κ2) is 6.44. The van der Waals surface area contributed by atoms with Crippen molar-refractivity contribution in [2.24, 2.45) is 5.73 Å². The molecule has 0 radical (unpaired) electrons. The van der Waals surface area contributed by atoms with E-state index in [4.69, 9.17) is 10.5 Å². The molecule has 2 amide bonds. The van der Waals surface area contributed by atoms with Crippen LogP contribution in [0.1, 0.15) is 12.8 Å². The average Bonchev–Trinajstić information content (AvgIpc) is 2.76. The van der Waals surface area contributed by atoms with E-state index in [-0.39, 0.29) is 18.3 Å². The third-order valence-electron chi connectivity index (χ3n) is 3.66. The predicted molar refractivity (Wildman–Crippen MR) is 85.4 cm³/mol. The Morgan fingerprint density at radius 2 is 2.14 bits per heavy atom. The van der Waals surface area contributed by atoms with Crippen molar-refractivity contribution < 1.29 is 18.7 Å². The molecule has 7 heteroatoms. The van der Waals surface area contributed by atoms with Crippen LogP contribution in [0, 0.1) is 5.82 Å². The van der Waals surface area contributed by atoms with Crippen molar-refractivity contribution in [2.45, 2.75) is 33.8 Å². The van der Waals surface area contributed by atoms with Gasteiger partial charge in [-0.25, -0.2) is 0 Å². The van der Waals surface area contributed by atoms with E-state index in [1.54, 1.807) is 12.1 Å². The Balaban J connectivity index is 2.14. The number of primary amides is 1. The van der Waals surface area contributed by atoms with Gasteiger partial charge in [0.25, 0.3) is 0 Å². The van der Waals surface area contributed by atoms with Gasteiger partial charge in [-0.2, -0.15) is 0 Å². The third-order valence-corrected chi connectivity index (χ3v) is 9.43. The number of nitrogens with two attached hydrogens (primary N) is 1. The number of benzene rings is 1. The number of ether oxygens (including phenoxy) is 1. The first-order valence-electron chi connectivity index (χ1n) is 7.25. The molecule has 2 N–H and O–H groups in total. The Kier molecular flexibility index (Phi) is 4.99. The molecule has 1 aromatic carbocycles. The summed E-state index contributed by atoms with van der Waals surface area (Å²) in [6.07, 6.45) is -0.348. The Bertz CT molecular complexity index is 601. The van der Waals surface area contributed by atoms with Crippen LogP contribution >= 0.6 is 0 Å². The van der Waals surface area contributed by atoms with Crippen LogP contribution in [0.15, 0.2) is 18.2 Å². The molecule has 2 rings (SSSR count). The van der Waals surface area contributed by atoms with Crippen LogP contribution in [-0.2, 0) is 9.53 Å². The summed E-state index contributed by atoms with van der Waals surface area (Å²) < 4.78 is 20.3. The fourth-order valence-electron chi connectivity index (χ4n) is 2.47. The first-order chi connectivity index (χ1) is 10.2. The summed E-state index contributed by atoms with van der Waals surface area (Å²) in [5, 5.41) is 0. The maximum atomic E-state index is 14.3. The molecule has 0 spiro atoms. The van der Waals surface area contributed by atoms with Gasteiger partial charge in [0.15, 0.2) is 0 Å². The quantitative estimate of drug-likeness (QED) is 0.748. The number of carbonyl (C=O) groups is 2. The van der Waals surface area contributed by atoms with Crippen molar-refractivity contribution in [1.29, 1.82) is 0 Å². The van der Waals surface area contributed by atoms with Gasteiger partial charge in [-0.15, -0.1) is 0 Å². The van der Waals surface area contributed by atoms with Crippen LogP contribution in [-0.4, -0.2) is 43.0 Å². The molecule has 1 heterocycles. The Hall–Kier alpha value is -1.31.